The van der Waals surface area contributed by atoms with Crippen LogP contribution >= 0.6 is 0 Å². The SMILES string of the molecule is C[C@@]1(C(=O)NC(Cc2ccc(-c3ccccc3C#N)cc2)C(=O)O)CCCN1S(=O)(=O)c1ccc2ccccc2c1. The number of rotatable bonds is 8. The summed E-state index contributed by atoms with van der Waals surface area (Å²) in [4.78, 5) is 25.8. The Morgan fingerprint density at radius 2 is 1.68 bits per heavy atom. The number of carboxylic acids is 1. The van der Waals surface area contributed by atoms with Crippen LogP contribution in [0.2, 0.25) is 0 Å². The number of benzene rings is 4. The van der Waals surface area contributed by atoms with E-state index < -0.39 is 33.5 Å². The van der Waals surface area contributed by atoms with E-state index in [-0.39, 0.29) is 24.3 Å². The molecule has 4 aromatic rings. The lowest BCUT2D eigenvalue weighted by molar-refractivity contribution is -0.143. The van der Waals surface area contributed by atoms with Crippen LogP contribution in [-0.4, -0.2) is 47.8 Å². The molecule has 208 valence electrons. The third-order valence-corrected chi connectivity index (χ3v) is 9.74. The number of aliphatic carboxylic acids is 1. The Kier molecular flexibility index (Phi) is 7.63. The van der Waals surface area contributed by atoms with Gasteiger partial charge in [-0.25, -0.2) is 13.2 Å². The summed E-state index contributed by atoms with van der Waals surface area (Å²) < 4.78 is 28.6. The van der Waals surface area contributed by atoms with Crippen molar-refractivity contribution in [1.29, 1.82) is 5.26 Å². The van der Waals surface area contributed by atoms with Crippen molar-refractivity contribution < 1.29 is 23.1 Å². The molecule has 2 N–H and O–H groups in total. The first-order chi connectivity index (χ1) is 19.6. The maximum atomic E-state index is 13.7. The molecule has 5 rings (SSSR count). The number of hydrogen-bond donors (Lipinski definition) is 2. The monoisotopic (exact) mass is 567 g/mol. The van der Waals surface area contributed by atoms with Crippen molar-refractivity contribution >= 4 is 32.7 Å². The van der Waals surface area contributed by atoms with E-state index in [1.54, 1.807) is 43.3 Å². The van der Waals surface area contributed by atoms with Crippen molar-refractivity contribution in [3.05, 3.63) is 102 Å². The zero-order chi connectivity index (χ0) is 29.2. The minimum absolute atomic E-state index is 0.00869. The van der Waals surface area contributed by atoms with Gasteiger partial charge < -0.3 is 10.4 Å². The Bertz CT molecular complexity index is 1780. The van der Waals surface area contributed by atoms with Crippen LogP contribution in [0, 0.1) is 11.3 Å². The largest absolute Gasteiger partial charge is 0.480 e. The molecule has 9 heteroatoms. The van der Waals surface area contributed by atoms with Gasteiger partial charge in [-0.2, -0.15) is 9.57 Å². The summed E-state index contributed by atoms with van der Waals surface area (Å²) in [5.74, 6) is -1.87. The quantitative estimate of drug-likeness (QED) is 0.317. The zero-order valence-corrected chi connectivity index (χ0v) is 23.3. The molecule has 0 radical (unpaired) electrons. The first-order valence-electron chi connectivity index (χ1n) is 13.3. The summed E-state index contributed by atoms with van der Waals surface area (Å²) in [6, 6.07) is 27.5. The zero-order valence-electron chi connectivity index (χ0n) is 22.4. The number of nitriles is 1. The molecule has 1 fully saturated rings. The number of carbonyl (C=O) groups excluding carboxylic acids is 1. The highest BCUT2D eigenvalue weighted by atomic mass is 32.2. The van der Waals surface area contributed by atoms with Gasteiger partial charge in [-0.1, -0.05) is 72.8 Å². The van der Waals surface area contributed by atoms with E-state index in [4.69, 9.17) is 0 Å². The molecule has 0 bridgehead atoms. The summed E-state index contributed by atoms with van der Waals surface area (Å²) in [6.45, 7) is 1.71. The summed E-state index contributed by atoms with van der Waals surface area (Å²) in [6.07, 6.45) is 0.750. The van der Waals surface area contributed by atoms with Crippen molar-refractivity contribution in [2.24, 2.45) is 0 Å². The van der Waals surface area contributed by atoms with Gasteiger partial charge in [0, 0.05) is 13.0 Å². The normalized spacial score (nSPS) is 18.0. The van der Waals surface area contributed by atoms with E-state index in [0.29, 0.717) is 17.5 Å². The minimum atomic E-state index is -4.03. The van der Waals surface area contributed by atoms with Crippen molar-refractivity contribution in [3.63, 3.8) is 0 Å². The molecule has 0 aliphatic carbocycles. The van der Waals surface area contributed by atoms with Gasteiger partial charge in [-0.3, -0.25) is 4.79 Å². The number of sulfonamides is 1. The first kappa shape index (κ1) is 28.0. The molecule has 0 aromatic heterocycles. The average Bonchev–Trinajstić information content (AvgIpc) is 3.40. The van der Waals surface area contributed by atoms with Gasteiger partial charge in [0.05, 0.1) is 16.5 Å². The van der Waals surface area contributed by atoms with Crippen LogP contribution in [0.4, 0.5) is 0 Å². The van der Waals surface area contributed by atoms with E-state index in [1.165, 1.54) is 10.4 Å². The molecule has 8 nitrogen and oxygen atoms in total. The molecule has 0 spiro atoms. The fourth-order valence-corrected chi connectivity index (χ4v) is 7.25. The van der Waals surface area contributed by atoms with Gasteiger partial charge in [-0.05, 0) is 65.4 Å². The van der Waals surface area contributed by atoms with Crippen LogP contribution in [0.25, 0.3) is 21.9 Å². The van der Waals surface area contributed by atoms with Gasteiger partial charge in [0.1, 0.15) is 11.6 Å². The highest BCUT2D eigenvalue weighted by Gasteiger charge is 2.50. The molecular weight excluding hydrogens is 538 g/mol. The smallest absolute Gasteiger partial charge is 0.326 e. The van der Waals surface area contributed by atoms with E-state index in [1.807, 2.05) is 48.5 Å². The molecule has 0 saturated carbocycles. The predicted octanol–water partition coefficient (Wildman–Crippen LogP) is 4.73. The van der Waals surface area contributed by atoms with Crippen LogP contribution in [0.15, 0.2) is 95.9 Å². The van der Waals surface area contributed by atoms with Gasteiger partial charge in [0.25, 0.3) is 0 Å². The Morgan fingerprint density at radius 1 is 1.00 bits per heavy atom. The van der Waals surface area contributed by atoms with Crippen molar-refractivity contribution in [1.82, 2.24) is 9.62 Å². The Labute approximate surface area is 238 Å². The second kappa shape index (κ2) is 11.2. The summed E-state index contributed by atoms with van der Waals surface area (Å²) in [5, 5.41) is 23.6. The van der Waals surface area contributed by atoms with Crippen LogP contribution in [-0.2, 0) is 26.0 Å². The fraction of sp³-hybridized carbons (Fsp3) is 0.219. The standard InChI is InChI=1S/C32H29N3O5S/c1-32(17-6-18-35(32)41(39,40)27-16-15-23-7-2-3-8-25(23)20-27)31(38)34-29(30(36)37)19-22-11-13-24(14-12-22)28-10-5-4-9-26(28)21-33/h2-5,7-16,20,29H,6,17-19H2,1H3,(H,34,38)(H,36,37)/t29?,32-/m0/s1. The van der Waals surface area contributed by atoms with Gasteiger partial charge in [0.15, 0.2) is 0 Å². The number of carbonyl (C=O) groups is 2. The number of nitrogens with one attached hydrogen (secondary N) is 1. The Morgan fingerprint density at radius 3 is 2.39 bits per heavy atom. The van der Waals surface area contributed by atoms with E-state index in [0.717, 1.165) is 21.9 Å². The number of nitrogens with zero attached hydrogens (tertiary/aromatic N) is 2. The maximum Gasteiger partial charge on any atom is 0.326 e. The highest BCUT2D eigenvalue weighted by Crippen LogP contribution is 2.36. The van der Waals surface area contributed by atoms with Crippen molar-refractivity contribution in [2.75, 3.05) is 6.54 Å². The molecule has 1 saturated heterocycles. The highest BCUT2D eigenvalue weighted by molar-refractivity contribution is 7.89. The van der Waals surface area contributed by atoms with Crippen LogP contribution in [0.5, 0.6) is 0 Å². The van der Waals surface area contributed by atoms with Crippen LogP contribution in [0.1, 0.15) is 30.9 Å². The number of hydrogen-bond acceptors (Lipinski definition) is 5. The average molecular weight is 568 g/mol. The molecule has 1 amide bonds. The number of fused-ring (bicyclic) bond motifs is 1. The number of amides is 1. The second-order valence-electron chi connectivity index (χ2n) is 10.4. The topological polar surface area (TPSA) is 128 Å². The second-order valence-corrected chi connectivity index (χ2v) is 12.2. The third-order valence-electron chi connectivity index (χ3n) is 7.73. The summed E-state index contributed by atoms with van der Waals surface area (Å²) in [7, 11) is -4.03. The molecule has 1 aliphatic rings. The molecule has 41 heavy (non-hydrogen) atoms. The van der Waals surface area contributed by atoms with E-state index in [2.05, 4.69) is 11.4 Å². The molecule has 1 heterocycles. The fourth-order valence-electron chi connectivity index (χ4n) is 5.41. The molecule has 1 unspecified atom stereocenters. The lowest BCUT2D eigenvalue weighted by atomic mass is 9.96. The van der Waals surface area contributed by atoms with Crippen molar-refractivity contribution in [3.8, 4) is 17.2 Å². The first-order valence-corrected chi connectivity index (χ1v) is 14.7. The van der Waals surface area contributed by atoms with Crippen LogP contribution in [0.3, 0.4) is 0 Å². The van der Waals surface area contributed by atoms with E-state index in [9.17, 15) is 28.4 Å². The van der Waals surface area contributed by atoms with Gasteiger partial charge in [-0.15, -0.1) is 0 Å². The minimum Gasteiger partial charge on any atom is -0.480 e. The summed E-state index contributed by atoms with van der Waals surface area (Å²) in [5.41, 5.74) is 1.35. The van der Waals surface area contributed by atoms with E-state index >= 15 is 0 Å². The molecule has 1 aliphatic heterocycles. The Balaban J connectivity index is 1.35. The maximum absolute atomic E-state index is 13.7. The lowest BCUT2D eigenvalue weighted by Gasteiger charge is -2.34. The lowest BCUT2D eigenvalue weighted by Crippen LogP contribution is -2.58. The molecule has 4 aromatic carbocycles. The van der Waals surface area contributed by atoms with Gasteiger partial charge in [0.2, 0.25) is 15.9 Å². The summed E-state index contributed by atoms with van der Waals surface area (Å²) >= 11 is 0. The predicted molar refractivity (Wildman–Crippen MR) is 155 cm³/mol. The van der Waals surface area contributed by atoms with Crippen LogP contribution < -0.4 is 5.32 Å². The Hall–Kier alpha value is -4.52. The third kappa shape index (κ3) is 5.44. The molecule has 2 atom stereocenters. The van der Waals surface area contributed by atoms with Gasteiger partial charge >= 0.3 is 5.97 Å². The number of carboxylic acid groups (broad SMARTS) is 1. The van der Waals surface area contributed by atoms with Crippen molar-refractivity contribution in [2.45, 2.75) is 42.7 Å². The molecular formula is C32H29N3O5S.